The molecule has 0 aliphatic carbocycles. The van der Waals surface area contributed by atoms with Gasteiger partial charge in [0.25, 0.3) is 0 Å². The molecule has 1 aromatic heterocycles. The third-order valence-corrected chi connectivity index (χ3v) is 8.24. The van der Waals surface area contributed by atoms with Crippen molar-refractivity contribution >= 4 is 33.7 Å². The van der Waals surface area contributed by atoms with Gasteiger partial charge >= 0.3 is 6.01 Å². The number of rotatable bonds is 8. The number of nitrogens with zero attached hydrogens (tertiary/aromatic N) is 3. The van der Waals surface area contributed by atoms with E-state index in [1.165, 1.54) is 9.20 Å². The van der Waals surface area contributed by atoms with E-state index in [2.05, 4.69) is 22.4 Å². The van der Waals surface area contributed by atoms with Crippen molar-refractivity contribution in [2.45, 2.75) is 48.9 Å². The Morgan fingerprint density at radius 3 is 2.58 bits per heavy atom. The van der Waals surface area contributed by atoms with E-state index in [1.54, 1.807) is 36.0 Å². The Morgan fingerprint density at radius 2 is 1.88 bits per heavy atom. The van der Waals surface area contributed by atoms with Gasteiger partial charge in [-0.1, -0.05) is 41.9 Å². The fraction of sp³-hybridized carbons (Fsp3) is 0.348. The van der Waals surface area contributed by atoms with Gasteiger partial charge in [-0.05, 0) is 55.3 Å². The maximum Gasteiger partial charge on any atom is 0.322 e. The van der Waals surface area contributed by atoms with Gasteiger partial charge in [0, 0.05) is 11.4 Å². The number of sulfonamides is 1. The molecule has 1 amide bonds. The Morgan fingerprint density at radius 1 is 1.15 bits per heavy atom. The lowest BCUT2D eigenvalue weighted by atomic mass is 10.1. The highest BCUT2D eigenvalue weighted by atomic mass is 32.2. The van der Waals surface area contributed by atoms with Gasteiger partial charge in [0.15, 0.2) is 0 Å². The summed E-state index contributed by atoms with van der Waals surface area (Å²) in [7, 11) is -3.78. The number of amides is 1. The van der Waals surface area contributed by atoms with Crippen molar-refractivity contribution in [1.29, 1.82) is 0 Å². The van der Waals surface area contributed by atoms with Gasteiger partial charge in [-0.25, -0.2) is 8.42 Å². The Bertz CT molecular complexity index is 1210. The first kappa shape index (κ1) is 23.5. The molecule has 10 heteroatoms. The van der Waals surface area contributed by atoms with Gasteiger partial charge in [0.1, 0.15) is 6.04 Å². The van der Waals surface area contributed by atoms with Crippen LogP contribution < -0.4 is 5.32 Å². The summed E-state index contributed by atoms with van der Waals surface area (Å²) < 4.78 is 33.0. The summed E-state index contributed by atoms with van der Waals surface area (Å²) in [6, 6.07) is 13.9. The highest BCUT2D eigenvalue weighted by molar-refractivity contribution is 7.99. The highest BCUT2D eigenvalue weighted by Crippen LogP contribution is 2.27. The molecule has 2 heterocycles. The Hall–Kier alpha value is -2.69. The van der Waals surface area contributed by atoms with Gasteiger partial charge < -0.3 is 4.42 Å². The molecule has 1 N–H and O–H groups in total. The molecule has 4 rings (SSSR count). The average Bonchev–Trinajstić information content (AvgIpc) is 3.46. The van der Waals surface area contributed by atoms with E-state index in [4.69, 9.17) is 4.42 Å². The maximum atomic E-state index is 13.1. The van der Waals surface area contributed by atoms with Crippen molar-refractivity contribution in [2.24, 2.45) is 0 Å². The van der Waals surface area contributed by atoms with Crippen molar-refractivity contribution < 1.29 is 17.6 Å². The van der Waals surface area contributed by atoms with Crippen LogP contribution >= 0.6 is 11.8 Å². The molecule has 8 nitrogen and oxygen atoms in total. The lowest BCUT2D eigenvalue weighted by Crippen LogP contribution is -2.43. The zero-order chi connectivity index (χ0) is 23.4. The zero-order valence-electron chi connectivity index (χ0n) is 18.5. The summed E-state index contributed by atoms with van der Waals surface area (Å²) in [5.41, 5.74) is 1.98. The fourth-order valence-electron chi connectivity index (χ4n) is 3.74. The molecule has 0 bridgehead atoms. The van der Waals surface area contributed by atoms with Crippen LogP contribution in [0.5, 0.6) is 0 Å². The average molecular weight is 487 g/mol. The van der Waals surface area contributed by atoms with Crippen LogP contribution in [0.1, 0.15) is 36.8 Å². The molecule has 1 atom stereocenters. The molecule has 1 aliphatic rings. The molecule has 174 valence electrons. The molecule has 1 fully saturated rings. The minimum Gasteiger partial charge on any atom is -0.407 e. The number of anilines is 1. The summed E-state index contributed by atoms with van der Waals surface area (Å²) in [5.74, 6) is 0.910. The molecule has 33 heavy (non-hydrogen) atoms. The number of thioether (sulfide) groups is 1. The number of nitrogens with one attached hydrogen (secondary N) is 1. The molecular formula is C23H26N4O4S2. The topological polar surface area (TPSA) is 105 Å². The summed E-state index contributed by atoms with van der Waals surface area (Å²) in [4.78, 5) is 14.2. The first-order valence-electron chi connectivity index (χ1n) is 10.8. The second-order valence-corrected chi connectivity index (χ2v) is 11.1. The van der Waals surface area contributed by atoms with Gasteiger partial charge in [-0.2, -0.15) is 4.31 Å². The number of carbonyl (C=O) groups excluding carboxylic acids is 1. The second-order valence-electron chi connectivity index (χ2n) is 7.83. The molecule has 0 saturated carbocycles. The van der Waals surface area contributed by atoms with Crippen molar-refractivity contribution in [3.05, 3.63) is 65.5 Å². The predicted molar refractivity (Wildman–Crippen MR) is 127 cm³/mol. The normalized spacial score (nSPS) is 16.7. The molecule has 1 saturated heterocycles. The van der Waals surface area contributed by atoms with Crippen molar-refractivity contribution in [2.75, 3.05) is 17.6 Å². The van der Waals surface area contributed by atoms with Crippen LogP contribution in [-0.4, -0.2) is 47.2 Å². The van der Waals surface area contributed by atoms with E-state index < -0.39 is 22.0 Å². The van der Waals surface area contributed by atoms with Crippen molar-refractivity contribution in [3.63, 3.8) is 0 Å². The fourth-order valence-corrected chi connectivity index (χ4v) is 6.06. The van der Waals surface area contributed by atoms with Crippen molar-refractivity contribution in [1.82, 2.24) is 14.5 Å². The van der Waals surface area contributed by atoms with Gasteiger partial charge in [0.2, 0.25) is 21.8 Å². The van der Waals surface area contributed by atoms with Gasteiger partial charge in [-0.3, -0.25) is 10.1 Å². The molecule has 1 unspecified atom stereocenters. The van der Waals surface area contributed by atoms with E-state index in [1.807, 2.05) is 31.2 Å². The lowest BCUT2D eigenvalue weighted by molar-refractivity contribution is -0.119. The third-order valence-electron chi connectivity index (χ3n) is 5.42. The first-order valence-corrected chi connectivity index (χ1v) is 13.2. The van der Waals surface area contributed by atoms with Gasteiger partial charge in [0.05, 0.1) is 11.3 Å². The molecule has 0 spiro atoms. The Kier molecular flexibility index (Phi) is 7.16. The standard InChI is InChI=1S/C23H26N4O4S2/c1-3-32-18-10-8-17(9-11-18)15-21-25-26-23(31-21)24-22(28)20-5-4-14-27(20)33(29,30)19-12-6-16(2)7-13-19/h6-13,20H,3-5,14-15H2,1-2H3,(H,24,26,28). The van der Waals surface area contributed by atoms with E-state index in [-0.39, 0.29) is 17.5 Å². The van der Waals surface area contributed by atoms with Crippen LogP contribution in [0.25, 0.3) is 0 Å². The minimum atomic E-state index is -3.78. The summed E-state index contributed by atoms with van der Waals surface area (Å²) >= 11 is 1.77. The summed E-state index contributed by atoms with van der Waals surface area (Å²) in [6.45, 7) is 4.28. The van der Waals surface area contributed by atoms with Crippen LogP contribution in [0.3, 0.4) is 0 Å². The number of hydrogen-bond donors (Lipinski definition) is 1. The van der Waals surface area contributed by atoms with Crippen LogP contribution in [-0.2, 0) is 21.2 Å². The largest absolute Gasteiger partial charge is 0.407 e. The third kappa shape index (κ3) is 5.45. The number of aryl methyl sites for hydroxylation is 1. The monoisotopic (exact) mass is 486 g/mol. The maximum absolute atomic E-state index is 13.1. The van der Waals surface area contributed by atoms with E-state index in [0.29, 0.717) is 25.2 Å². The number of hydrogen-bond acceptors (Lipinski definition) is 7. The Labute approximate surface area is 197 Å². The highest BCUT2D eigenvalue weighted by Gasteiger charge is 2.39. The number of benzene rings is 2. The number of carbonyl (C=O) groups is 1. The molecular weight excluding hydrogens is 460 g/mol. The predicted octanol–water partition coefficient (Wildman–Crippen LogP) is 3.87. The van der Waals surface area contributed by atoms with Crippen LogP contribution in [0, 0.1) is 6.92 Å². The lowest BCUT2D eigenvalue weighted by Gasteiger charge is -2.22. The molecule has 3 aromatic rings. The van der Waals surface area contributed by atoms with Crippen LogP contribution in [0.15, 0.2) is 62.7 Å². The second kappa shape index (κ2) is 10.1. The molecule has 1 aliphatic heterocycles. The van der Waals surface area contributed by atoms with Crippen LogP contribution in [0.4, 0.5) is 6.01 Å². The Balaban J connectivity index is 1.41. The smallest absolute Gasteiger partial charge is 0.322 e. The SMILES string of the molecule is CCSc1ccc(Cc2nnc(NC(=O)C3CCCN3S(=O)(=O)c3ccc(C)cc3)o2)cc1. The van der Waals surface area contributed by atoms with Crippen molar-refractivity contribution in [3.8, 4) is 0 Å². The number of aromatic nitrogens is 2. The summed E-state index contributed by atoms with van der Waals surface area (Å²) in [6.07, 6.45) is 1.47. The first-order chi connectivity index (χ1) is 15.9. The van der Waals surface area contributed by atoms with Gasteiger partial charge in [-0.15, -0.1) is 16.9 Å². The van der Waals surface area contributed by atoms with E-state index in [9.17, 15) is 13.2 Å². The van der Waals surface area contributed by atoms with E-state index in [0.717, 1.165) is 16.9 Å². The molecule has 2 aromatic carbocycles. The quantitative estimate of drug-likeness (QED) is 0.482. The van der Waals surface area contributed by atoms with E-state index >= 15 is 0 Å². The van der Waals surface area contributed by atoms with Crippen LogP contribution in [0.2, 0.25) is 0 Å². The summed E-state index contributed by atoms with van der Waals surface area (Å²) in [5, 5.41) is 10.5. The minimum absolute atomic E-state index is 0.0345. The molecule has 0 radical (unpaired) electrons. The zero-order valence-corrected chi connectivity index (χ0v) is 20.2.